The van der Waals surface area contributed by atoms with Crippen molar-refractivity contribution in [2.24, 2.45) is 0 Å². The zero-order chi connectivity index (χ0) is 16.5. The number of carbonyl (C=O) groups excluding carboxylic acids is 1. The number of halogens is 1. The molecule has 2 aromatic heterocycles. The van der Waals surface area contributed by atoms with Crippen LogP contribution in [-0.4, -0.2) is 25.9 Å². The number of aromatic nitrogens is 4. The molecule has 4 rings (SSSR count). The molecule has 1 aliphatic carbocycles. The van der Waals surface area contributed by atoms with E-state index < -0.39 is 0 Å². The lowest BCUT2D eigenvalue weighted by atomic mass is 10.2. The first-order valence-corrected chi connectivity index (χ1v) is 8.79. The average Bonchev–Trinajstić information content (AvgIpc) is 3.14. The standard InChI is InChI=1S/C16H14ClN5OS/c17-13-4-2-1-3-11(13)8-22-9-12(7-18-22)14(23)19-16-21-20-15(24-16)10-5-6-10/h1-4,7,9-10H,5-6,8H2,(H,19,21,23). The number of hydrogen-bond acceptors (Lipinski definition) is 5. The van der Waals surface area contributed by atoms with Crippen molar-refractivity contribution in [1.29, 1.82) is 0 Å². The summed E-state index contributed by atoms with van der Waals surface area (Å²) in [5.41, 5.74) is 1.43. The van der Waals surface area contributed by atoms with Crippen molar-refractivity contribution in [2.45, 2.75) is 25.3 Å². The van der Waals surface area contributed by atoms with Crippen molar-refractivity contribution in [3.8, 4) is 0 Å². The minimum atomic E-state index is -0.237. The van der Waals surface area contributed by atoms with E-state index in [1.165, 1.54) is 17.5 Å². The lowest BCUT2D eigenvalue weighted by Gasteiger charge is -2.03. The van der Waals surface area contributed by atoms with E-state index >= 15 is 0 Å². The minimum Gasteiger partial charge on any atom is -0.296 e. The van der Waals surface area contributed by atoms with Gasteiger partial charge < -0.3 is 0 Å². The van der Waals surface area contributed by atoms with E-state index in [0.717, 1.165) is 23.4 Å². The highest BCUT2D eigenvalue weighted by Gasteiger charge is 2.27. The summed E-state index contributed by atoms with van der Waals surface area (Å²) in [7, 11) is 0. The zero-order valence-corrected chi connectivity index (χ0v) is 14.2. The molecule has 6 nitrogen and oxygen atoms in total. The van der Waals surface area contributed by atoms with E-state index in [9.17, 15) is 4.79 Å². The van der Waals surface area contributed by atoms with Gasteiger partial charge in [0.2, 0.25) is 5.13 Å². The molecule has 0 bridgehead atoms. The molecule has 1 aliphatic rings. The number of hydrogen-bond donors (Lipinski definition) is 1. The Kier molecular flexibility index (Phi) is 4.03. The molecule has 0 spiro atoms. The molecule has 24 heavy (non-hydrogen) atoms. The number of nitrogens with zero attached hydrogens (tertiary/aromatic N) is 4. The van der Waals surface area contributed by atoms with Gasteiger partial charge in [0.05, 0.1) is 18.3 Å². The van der Waals surface area contributed by atoms with E-state index in [0.29, 0.717) is 28.2 Å². The van der Waals surface area contributed by atoms with Crippen LogP contribution in [0, 0.1) is 0 Å². The SMILES string of the molecule is O=C(Nc1nnc(C2CC2)s1)c1cnn(Cc2ccccc2Cl)c1. The average molecular weight is 360 g/mol. The van der Waals surface area contributed by atoms with Gasteiger partial charge in [0, 0.05) is 17.1 Å². The number of benzene rings is 1. The van der Waals surface area contributed by atoms with Gasteiger partial charge in [0.25, 0.3) is 5.91 Å². The Bertz CT molecular complexity index is 886. The second-order valence-corrected chi connectivity index (χ2v) is 7.11. The quantitative estimate of drug-likeness (QED) is 0.755. The number of amides is 1. The van der Waals surface area contributed by atoms with Crippen molar-refractivity contribution >= 4 is 34.0 Å². The maximum atomic E-state index is 12.3. The van der Waals surface area contributed by atoms with Crippen LogP contribution < -0.4 is 5.32 Å². The second kappa shape index (κ2) is 6.33. The molecule has 1 N–H and O–H groups in total. The van der Waals surface area contributed by atoms with Gasteiger partial charge >= 0.3 is 0 Å². The molecule has 1 saturated carbocycles. The summed E-state index contributed by atoms with van der Waals surface area (Å²) in [5.74, 6) is 0.297. The highest BCUT2D eigenvalue weighted by molar-refractivity contribution is 7.15. The number of rotatable bonds is 5. The summed E-state index contributed by atoms with van der Waals surface area (Å²) in [6.07, 6.45) is 5.56. The first kappa shape index (κ1) is 15.3. The van der Waals surface area contributed by atoms with Gasteiger partial charge in [-0.15, -0.1) is 10.2 Å². The molecule has 0 radical (unpaired) electrons. The Balaban J connectivity index is 1.43. The Morgan fingerprint density at radius 1 is 1.33 bits per heavy atom. The van der Waals surface area contributed by atoms with Crippen molar-refractivity contribution in [1.82, 2.24) is 20.0 Å². The maximum Gasteiger partial charge on any atom is 0.260 e. The lowest BCUT2D eigenvalue weighted by molar-refractivity contribution is 0.102. The minimum absolute atomic E-state index is 0.237. The van der Waals surface area contributed by atoms with Gasteiger partial charge in [-0.25, -0.2) is 0 Å². The smallest absolute Gasteiger partial charge is 0.260 e. The highest BCUT2D eigenvalue weighted by Crippen LogP contribution is 2.42. The first-order valence-electron chi connectivity index (χ1n) is 7.59. The fourth-order valence-corrected chi connectivity index (χ4v) is 3.42. The zero-order valence-electron chi connectivity index (χ0n) is 12.6. The third-order valence-corrected chi connectivity index (χ3v) is 5.14. The van der Waals surface area contributed by atoms with Gasteiger partial charge in [0.1, 0.15) is 5.01 Å². The fraction of sp³-hybridized carbons (Fsp3) is 0.250. The Morgan fingerprint density at radius 3 is 2.96 bits per heavy atom. The largest absolute Gasteiger partial charge is 0.296 e. The van der Waals surface area contributed by atoms with Crippen LogP contribution in [0.5, 0.6) is 0 Å². The van der Waals surface area contributed by atoms with Crippen LogP contribution in [-0.2, 0) is 6.54 Å². The monoisotopic (exact) mass is 359 g/mol. The Morgan fingerprint density at radius 2 is 2.17 bits per heavy atom. The normalized spacial score (nSPS) is 13.9. The topological polar surface area (TPSA) is 72.7 Å². The fourth-order valence-electron chi connectivity index (χ4n) is 2.32. The molecule has 1 fully saturated rings. The van der Waals surface area contributed by atoms with Crippen LogP contribution in [0.1, 0.15) is 39.7 Å². The molecule has 0 aliphatic heterocycles. The summed E-state index contributed by atoms with van der Waals surface area (Å²) in [6.45, 7) is 0.511. The molecular weight excluding hydrogens is 346 g/mol. The molecule has 0 saturated heterocycles. The van der Waals surface area contributed by atoms with Crippen LogP contribution in [0.15, 0.2) is 36.7 Å². The predicted molar refractivity (Wildman–Crippen MR) is 92.6 cm³/mol. The molecule has 122 valence electrons. The Hall–Kier alpha value is -2.25. The summed E-state index contributed by atoms with van der Waals surface area (Å²) >= 11 is 7.59. The van der Waals surface area contributed by atoms with Gasteiger partial charge in [-0.2, -0.15) is 5.10 Å². The maximum absolute atomic E-state index is 12.3. The van der Waals surface area contributed by atoms with Gasteiger partial charge in [-0.3, -0.25) is 14.8 Å². The highest BCUT2D eigenvalue weighted by atomic mass is 35.5. The van der Waals surface area contributed by atoms with Crippen molar-refractivity contribution in [3.05, 3.63) is 57.8 Å². The van der Waals surface area contributed by atoms with Gasteiger partial charge in [0.15, 0.2) is 0 Å². The lowest BCUT2D eigenvalue weighted by Crippen LogP contribution is -2.11. The predicted octanol–water partition coefficient (Wildman–Crippen LogP) is 3.57. The van der Waals surface area contributed by atoms with Crippen molar-refractivity contribution in [3.63, 3.8) is 0 Å². The van der Waals surface area contributed by atoms with E-state index in [1.54, 1.807) is 10.9 Å². The van der Waals surface area contributed by atoms with Crippen LogP contribution >= 0.6 is 22.9 Å². The molecule has 8 heteroatoms. The molecule has 1 amide bonds. The van der Waals surface area contributed by atoms with Crippen LogP contribution in [0.2, 0.25) is 5.02 Å². The number of carbonyl (C=O) groups is 1. The van der Waals surface area contributed by atoms with Crippen molar-refractivity contribution < 1.29 is 4.79 Å². The molecule has 0 atom stereocenters. The van der Waals surface area contributed by atoms with E-state index in [4.69, 9.17) is 11.6 Å². The third kappa shape index (κ3) is 3.32. The van der Waals surface area contributed by atoms with Crippen LogP contribution in [0.4, 0.5) is 5.13 Å². The number of nitrogens with one attached hydrogen (secondary N) is 1. The summed E-state index contributed by atoms with van der Waals surface area (Å²) in [4.78, 5) is 12.3. The third-order valence-electron chi connectivity index (χ3n) is 3.77. The van der Waals surface area contributed by atoms with E-state index in [1.807, 2.05) is 24.3 Å². The summed E-state index contributed by atoms with van der Waals surface area (Å²) < 4.78 is 1.69. The van der Waals surface area contributed by atoms with E-state index in [2.05, 4.69) is 20.6 Å². The van der Waals surface area contributed by atoms with Gasteiger partial charge in [-0.1, -0.05) is 41.1 Å². The molecule has 3 aromatic rings. The van der Waals surface area contributed by atoms with E-state index in [-0.39, 0.29) is 5.91 Å². The van der Waals surface area contributed by atoms with Crippen LogP contribution in [0.25, 0.3) is 0 Å². The Labute approximate surface area is 147 Å². The summed E-state index contributed by atoms with van der Waals surface area (Å²) in [5, 5.41) is 17.3. The molecule has 2 heterocycles. The second-order valence-electron chi connectivity index (χ2n) is 5.69. The molecule has 1 aromatic carbocycles. The molecular formula is C16H14ClN5OS. The van der Waals surface area contributed by atoms with Crippen molar-refractivity contribution in [2.75, 3.05) is 5.32 Å². The summed E-state index contributed by atoms with van der Waals surface area (Å²) in [6, 6.07) is 7.57. The molecule has 0 unspecified atom stereocenters. The number of anilines is 1. The van der Waals surface area contributed by atoms with Crippen LogP contribution in [0.3, 0.4) is 0 Å². The van der Waals surface area contributed by atoms with Gasteiger partial charge in [-0.05, 0) is 24.5 Å². The first-order chi connectivity index (χ1) is 11.7.